The van der Waals surface area contributed by atoms with E-state index in [0.29, 0.717) is 44.1 Å². The van der Waals surface area contributed by atoms with E-state index in [9.17, 15) is 9.59 Å². The monoisotopic (exact) mass is 448 g/mol. The molecule has 152 valence electrons. The smallest absolute Gasteiger partial charge is 0.264 e. The van der Waals surface area contributed by atoms with Crippen LogP contribution >= 0.6 is 23.2 Å². The van der Waals surface area contributed by atoms with Crippen molar-refractivity contribution in [3.8, 4) is 5.69 Å². The maximum atomic E-state index is 13.2. The summed E-state index contributed by atoms with van der Waals surface area (Å²) in [4.78, 5) is 34.9. The molecular formula is C23H14Cl2N4O2. The van der Waals surface area contributed by atoms with Crippen molar-refractivity contribution in [2.45, 2.75) is 6.54 Å². The van der Waals surface area contributed by atoms with Gasteiger partial charge in [-0.2, -0.15) is 0 Å². The highest BCUT2D eigenvalue weighted by Crippen LogP contribution is 2.22. The molecule has 0 aliphatic heterocycles. The average Bonchev–Trinajstić information content (AvgIpc) is 2.75. The number of fused-ring (bicyclic) bond motifs is 2. The molecule has 0 amide bonds. The molecule has 0 spiro atoms. The van der Waals surface area contributed by atoms with Gasteiger partial charge >= 0.3 is 0 Å². The van der Waals surface area contributed by atoms with Gasteiger partial charge in [0.15, 0.2) is 0 Å². The predicted octanol–water partition coefficient (Wildman–Crippen LogP) is 4.45. The third kappa shape index (κ3) is 3.60. The highest BCUT2D eigenvalue weighted by atomic mass is 35.5. The fourth-order valence-electron chi connectivity index (χ4n) is 3.56. The lowest BCUT2D eigenvalue weighted by molar-refractivity contribution is 0.764. The second-order valence-electron chi connectivity index (χ2n) is 7.08. The second-order valence-corrected chi connectivity index (χ2v) is 7.96. The van der Waals surface area contributed by atoms with Crippen molar-refractivity contribution in [3.63, 3.8) is 0 Å². The number of benzene rings is 1. The molecule has 0 saturated carbocycles. The van der Waals surface area contributed by atoms with E-state index >= 15 is 0 Å². The van der Waals surface area contributed by atoms with E-state index in [4.69, 9.17) is 23.2 Å². The Bertz CT molecular complexity index is 1560. The summed E-state index contributed by atoms with van der Waals surface area (Å²) in [7, 11) is 0. The van der Waals surface area contributed by atoms with Crippen LogP contribution in [0.2, 0.25) is 10.0 Å². The first-order valence-corrected chi connectivity index (χ1v) is 10.2. The molecule has 4 aromatic heterocycles. The van der Waals surface area contributed by atoms with E-state index in [1.807, 2.05) is 12.1 Å². The molecular weight excluding hydrogens is 435 g/mol. The number of pyridine rings is 4. The minimum Gasteiger partial charge on any atom is -0.310 e. The van der Waals surface area contributed by atoms with Crippen LogP contribution < -0.4 is 11.1 Å². The minimum atomic E-state index is -0.313. The number of aromatic nitrogens is 4. The highest BCUT2D eigenvalue weighted by Gasteiger charge is 2.12. The second kappa shape index (κ2) is 7.65. The van der Waals surface area contributed by atoms with E-state index in [1.54, 1.807) is 65.8 Å². The zero-order valence-corrected chi connectivity index (χ0v) is 17.5. The lowest BCUT2D eigenvalue weighted by atomic mass is 10.1. The van der Waals surface area contributed by atoms with Crippen molar-refractivity contribution < 1.29 is 0 Å². The van der Waals surface area contributed by atoms with Crippen LogP contribution in [-0.2, 0) is 6.54 Å². The van der Waals surface area contributed by atoms with Gasteiger partial charge in [-0.3, -0.25) is 19.1 Å². The van der Waals surface area contributed by atoms with Crippen LogP contribution in [0.5, 0.6) is 0 Å². The van der Waals surface area contributed by atoms with Crippen LogP contribution in [0.25, 0.3) is 27.5 Å². The Kier molecular flexibility index (Phi) is 4.81. The molecule has 8 heteroatoms. The fraction of sp³-hybridized carbons (Fsp3) is 0.0435. The van der Waals surface area contributed by atoms with Gasteiger partial charge in [0.05, 0.1) is 34.0 Å². The molecule has 31 heavy (non-hydrogen) atoms. The summed E-state index contributed by atoms with van der Waals surface area (Å²) in [5.41, 5.74) is 1.93. The largest absolute Gasteiger partial charge is 0.310 e. The average molecular weight is 449 g/mol. The van der Waals surface area contributed by atoms with Crippen molar-refractivity contribution in [1.29, 1.82) is 0 Å². The maximum absolute atomic E-state index is 13.2. The molecule has 0 unspecified atom stereocenters. The number of halogens is 2. The van der Waals surface area contributed by atoms with E-state index < -0.39 is 0 Å². The van der Waals surface area contributed by atoms with Gasteiger partial charge in [-0.15, -0.1) is 0 Å². The standard InChI is InChI=1S/C23H14Cl2N4O2/c24-15-8-16(25)10-17(9-15)29-7-4-21-19(23(29)31)11-18-20(27-21)3-6-28(22(18)30)13-14-2-1-5-26-12-14/h1-12H,13H2. The number of rotatable bonds is 3. The maximum Gasteiger partial charge on any atom is 0.264 e. The molecule has 0 N–H and O–H groups in total. The van der Waals surface area contributed by atoms with Gasteiger partial charge in [-0.25, -0.2) is 4.98 Å². The Morgan fingerprint density at radius 3 is 2.26 bits per heavy atom. The lowest BCUT2D eigenvalue weighted by Crippen LogP contribution is -2.22. The van der Waals surface area contributed by atoms with Gasteiger partial charge < -0.3 is 4.57 Å². The van der Waals surface area contributed by atoms with E-state index in [1.165, 1.54) is 4.57 Å². The van der Waals surface area contributed by atoms with Gasteiger partial charge in [0, 0.05) is 34.8 Å². The SMILES string of the molecule is O=c1c2cc3c(=O)n(-c4cc(Cl)cc(Cl)c4)ccc3nc2ccn1Cc1cccnc1. The highest BCUT2D eigenvalue weighted by molar-refractivity contribution is 6.34. The van der Waals surface area contributed by atoms with E-state index in [0.717, 1.165) is 5.56 Å². The zero-order valence-electron chi connectivity index (χ0n) is 16.0. The van der Waals surface area contributed by atoms with Gasteiger partial charge in [0.2, 0.25) is 0 Å². The van der Waals surface area contributed by atoms with Crippen molar-refractivity contribution in [2.24, 2.45) is 0 Å². The van der Waals surface area contributed by atoms with E-state index in [2.05, 4.69) is 9.97 Å². The van der Waals surface area contributed by atoms with Crippen molar-refractivity contribution in [2.75, 3.05) is 0 Å². The molecule has 0 aliphatic carbocycles. The third-order valence-corrected chi connectivity index (χ3v) is 5.45. The molecule has 0 radical (unpaired) electrons. The Morgan fingerprint density at radius 2 is 1.55 bits per heavy atom. The van der Waals surface area contributed by atoms with Crippen molar-refractivity contribution in [3.05, 3.63) is 110 Å². The molecule has 0 saturated heterocycles. The van der Waals surface area contributed by atoms with Crippen LogP contribution in [0.3, 0.4) is 0 Å². The van der Waals surface area contributed by atoms with Crippen molar-refractivity contribution >= 4 is 45.0 Å². The summed E-state index contributed by atoms with van der Waals surface area (Å²) >= 11 is 12.2. The van der Waals surface area contributed by atoms with Gasteiger partial charge in [0.1, 0.15) is 0 Å². The molecule has 4 heterocycles. The van der Waals surface area contributed by atoms with Crippen LogP contribution in [0.1, 0.15) is 5.56 Å². The molecule has 1 aromatic carbocycles. The summed E-state index contributed by atoms with van der Waals surface area (Å²) in [6, 6.07) is 13.7. The molecule has 5 aromatic rings. The minimum absolute atomic E-state index is 0.226. The van der Waals surface area contributed by atoms with Gasteiger partial charge in [0.25, 0.3) is 11.1 Å². The lowest BCUT2D eigenvalue weighted by Gasteiger charge is -2.10. The Labute approximate surface area is 186 Å². The molecule has 6 nitrogen and oxygen atoms in total. The first-order valence-electron chi connectivity index (χ1n) is 9.40. The van der Waals surface area contributed by atoms with Gasteiger partial charge in [-0.1, -0.05) is 29.3 Å². The van der Waals surface area contributed by atoms with Gasteiger partial charge in [-0.05, 0) is 48.0 Å². The number of nitrogens with zero attached hydrogens (tertiary/aromatic N) is 4. The summed E-state index contributed by atoms with van der Waals surface area (Å²) in [6.45, 7) is 0.376. The molecule has 5 rings (SSSR count). The Balaban J connectivity index is 1.70. The first kappa shape index (κ1) is 19.5. The molecule has 0 bridgehead atoms. The quantitative estimate of drug-likeness (QED) is 0.382. The normalized spacial score (nSPS) is 11.3. The summed E-state index contributed by atoms with van der Waals surface area (Å²) in [5.74, 6) is 0. The fourth-order valence-corrected chi connectivity index (χ4v) is 4.07. The van der Waals surface area contributed by atoms with Crippen molar-refractivity contribution in [1.82, 2.24) is 19.1 Å². The zero-order chi connectivity index (χ0) is 21.5. The van der Waals surface area contributed by atoms with Crippen LogP contribution in [-0.4, -0.2) is 19.1 Å². The molecule has 0 fully saturated rings. The summed E-state index contributed by atoms with van der Waals surface area (Å²) in [5, 5.41) is 1.55. The Hall–Kier alpha value is -3.48. The van der Waals surface area contributed by atoms with Crippen LogP contribution in [0.15, 0.2) is 82.9 Å². The topological polar surface area (TPSA) is 69.8 Å². The number of hydrogen-bond acceptors (Lipinski definition) is 4. The Morgan fingerprint density at radius 1 is 0.839 bits per heavy atom. The first-order chi connectivity index (χ1) is 15.0. The van der Waals surface area contributed by atoms with E-state index in [-0.39, 0.29) is 11.1 Å². The third-order valence-electron chi connectivity index (χ3n) is 5.02. The molecule has 0 aliphatic rings. The molecule has 0 atom stereocenters. The number of hydrogen-bond donors (Lipinski definition) is 0. The predicted molar refractivity (Wildman–Crippen MR) is 122 cm³/mol. The summed E-state index contributed by atoms with van der Waals surface area (Å²) < 4.78 is 3.01. The summed E-state index contributed by atoms with van der Waals surface area (Å²) in [6.07, 6.45) is 6.71. The van der Waals surface area contributed by atoms with Crippen LogP contribution in [0, 0.1) is 0 Å². The van der Waals surface area contributed by atoms with Crippen LogP contribution in [0.4, 0.5) is 0 Å².